The molecule has 2 aromatic carbocycles. The van der Waals surface area contributed by atoms with Gasteiger partial charge in [0.25, 0.3) is 11.8 Å². The van der Waals surface area contributed by atoms with Gasteiger partial charge in [-0.05, 0) is 23.8 Å². The van der Waals surface area contributed by atoms with Crippen LogP contribution in [-0.2, 0) is 16.0 Å². The number of hydrogen-bond donors (Lipinski definition) is 2. The second kappa shape index (κ2) is 11.4. The predicted molar refractivity (Wildman–Crippen MR) is 144 cm³/mol. The lowest BCUT2D eigenvalue weighted by atomic mass is 10.0. The summed E-state index contributed by atoms with van der Waals surface area (Å²) in [6, 6.07) is 22.7. The van der Waals surface area contributed by atoms with E-state index in [0.717, 1.165) is 16.8 Å². The van der Waals surface area contributed by atoms with E-state index < -0.39 is 23.6 Å². The zero-order valence-electron chi connectivity index (χ0n) is 20.0. The monoisotopic (exact) mass is 522 g/mol. The van der Waals surface area contributed by atoms with Crippen LogP contribution in [0.15, 0.2) is 103 Å². The van der Waals surface area contributed by atoms with Gasteiger partial charge in [-0.2, -0.15) is 5.10 Å². The molecule has 9 nitrogen and oxygen atoms in total. The highest BCUT2D eigenvalue weighted by atomic mass is 32.1. The number of rotatable bonds is 9. The summed E-state index contributed by atoms with van der Waals surface area (Å²) in [6.07, 6.45) is 4.93. The molecule has 0 saturated carbocycles. The van der Waals surface area contributed by atoms with E-state index in [2.05, 4.69) is 25.7 Å². The Labute approximate surface area is 222 Å². The quantitative estimate of drug-likeness (QED) is 0.283. The molecule has 0 aliphatic heterocycles. The molecule has 3 aromatic heterocycles. The minimum absolute atomic E-state index is 0.131. The molecule has 0 fully saturated rings. The van der Waals surface area contributed by atoms with E-state index in [1.807, 2.05) is 66.7 Å². The average Bonchev–Trinajstić information content (AvgIpc) is 3.66. The van der Waals surface area contributed by atoms with Crippen molar-refractivity contribution in [2.45, 2.75) is 12.5 Å². The molecule has 38 heavy (non-hydrogen) atoms. The highest BCUT2D eigenvalue weighted by Gasteiger charge is 2.29. The van der Waals surface area contributed by atoms with Gasteiger partial charge in [-0.1, -0.05) is 60.7 Å². The molecule has 5 aromatic rings. The van der Waals surface area contributed by atoms with Crippen molar-refractivity contribution in [2.24, 2.45) is 0 Å². The molecule has 1 atom stereocenters. The normalized spacial score (nSPS) is 11.5. The second-order valence-corrected chi connectivity index (χ2v) is 9.15. The second-order valence-electron chi connectivity index (χ2n) is 8.26. The van der Waals surface area contributed by atoms with Crippen LogP contribution in [0.5, 0.6) is 0 Å². The van der Waals surface area contributed by atoms with E-state index in [0.29, 0.717) is 10.9 Å². The van der Waals surface area contributed by atoms with Crippen LogP contribution in [0.4, 0.5) is 5.13 Å². The minimum atomic E-state index is -1.12. The first-order valence-corrected chi connectivity index (χ1v) is 12.6. The number of anilines is 1. The Kier molecular flexibility index (Phi) is 7.42. The number of hydrogen-bond acceptors (Lipinski definition) is 7. The maximum atomic E-state index is 13.5. The Hall–Kier alpha value is -4.96. The van der Waals surface area contributed by atoms with Gasteiger partial charge in [0.15, 0.2) is 10.9 Å². The van der Waals surface area contributed by atoms with Crippen molar-refractivity contribution < 1.29 is 14.4 Å². The summed E-state index contributed by atoms with van der Waals surface area (Å²) >= 11 is 1.19. The molecule has 2 N–H and O–H groups in total. The van der Waals surface area contributed by atoms with Gasteiger partial charge in [0.1, 0.15) is 6.04 Å². The lowest BCUT2D eigenvalue weighted by Crippen LogP contribution is -2.47. The topological polar surface area (TPSA) is 119 Å². The van der Waals surface area contributed by atoms with Crippen molar-refractivity contribution >= 4 is 34.1 Å². The van der Waals surface area contributed by atoms with Crippen LogP contribution in [0.25, 0.3) is 17.1 Å². The number of nitrogens with zero attached hydrogens (tertiary/aromatic N) is 4. The lowest BCUT2D eigenvalue weighted by Gasteiger charge is -2.18. The smallest absolute Gasteiger partial charge is 0.295 e. The maximum Gasteiger partial charge on any atom is 0.295 e. The average molecular weight is 523 g/mol. The molecule has 0 bridgehead atoms. The summed E-state index contributed by atoms with van der Waals surface area (Å²) in [5.74, 6) is -1.90. The third-order valence-electron chi connectivity index (χ3n) is 5.69. The third kappa shape index (κ3) is 5.71. The Morgan fingerprint density at radius 1 is 0.868 bits per heavy atom. The number of Topliss-reactive ketones (excluding diaryl/α,β-unsaturated/α-hetero) is 1. The SMILES string of the molecule is O=C(Nc1nccs1)C(=O)[C@@H](Cc1ccccc1)NC(=O)c1cccnc1-n1ccc(-c2ccccc2)n1. The Bertz CT molecular complexity index is 1550. The van der Waals surface area contributed by atoms with E-state index in [-0.39, 0.29) is 12.0 Å². The Morgan fingerprint density at radius 2 is 1.63 bits per heavy atom. The molecule has 0 aliphatic carbocycles. The van der Waals surface area contributed by atoms with Crippen molar-refractivity contribution in [1.29, 1.82) is 0 Å². The maximum absolute atomic E-state index is 13.5. The highest BCUT2D eigenvalue weighted by molar-refractivity contribution is 7.13. The van der Waals surface area contributed by atoms with Gasteiger partial charge in [0.05, 0.1) is 11.3 Å². The van der Waals surface area contributed by atoms with Crippen LogP contribution >= 0.6 is 11.3 Å². The van der Waals surface area contributed by atoms with Gasteiger partial charge >= 0.3 is 0 Å². The van der Waals surface area contributed by atoms with Crippen molar-refractivity contribution in [3.05, 3.63) is 114 Å². The molecular weight excluding hydrogens is 500 g/mol. The summed E-state index contributed by atoms with van der Waals surface area (Å²) in [7, 11) is 0. The van der Waals surface area contributed by atoms with E-state index in [1.54, 1.807) is 29.9 Å². The molecule has 0 radical (unpaired) electrons. The molecule has 0 saturated heterocycles. The van der Waals surface area contributed by atoms with E-state index in [4.69, 9.17) is 0 Å². The summed E-state index contributed by atoms with van der Waals surface area (Å²) < 4.78 is 1.51. The van der Waals surface area contributed by atoms with Crippen molar-refractivity contribution in [2.75, 3.05) is 5.32 Å². The van der Waals surface area contributed by atoms with Crippen LogP contribution in [-0.4, -0.2) is 43.4 Å². The van der Waals surface area contributed by atoms with Gasteiger partial charge in [-0.3, -0.25) is 19.7 Å². The first kappa shape index (κ1) is 24.7. The van der Waals surface area contributed by atoms with Crippen LogP contribution in [0.1, 0.15) is 15.9 Å². The Balaban J connectivity index is 1.40. The summed E-state index contributed by atoms with van der Waals surface area (Å²) in [4.78, 5) is 47.7. The molecule has 0 unspecified atom stereocenters. The number of pyridine rings is 1. The zero-order chi connectivity index (χ0) is 26.3. The number of carbonyl (C=O) groups excluding carboxylic acids is 3. The van der Waals surface area contributed by atoms with Crippen LogP contribution < -0.4 is 10.6 Å². The first-order valence-electron chi connectivity index (χ1n) is 11.7. The van der Waals surface area contributed by atoms with Crippen molar-refractivity contribution in [3.63, 3.8) is 0 Å². The highest BCUT2D eigenvalue weighted by Crippen LogP contribution is 2.19. The molecule has 10 heteroatoms. The van der Waals surface area contributed by atoms with Crippen molar-refractivity contribution in [3.8, 4) is 17.1 Å². The number of thiazole rings is 1. The summed E-state index contributed by atoms with van der Waals surface area (Å²) in [5, 5.41) is 11.8. The molecule has 0 aliphatic rings. The van der Waals surface area contributed by atoms with E-state index in [9.17, 15) is 14.4 Å². The van der Waals surface area contributed by atoms with Crippen LogP contribution in [0, 0.1) is 0 Å². The molecule has 3 heterocycles. The minimum Gasteiger partial charge on any atom is -0.341 e. The number of aromatic nitrogens is 4. The summed E-state index contributed by atoms with van der Waals surface area (Å²) in [6.45, 7) is 0. The van der Waals surface area contributed by atoms with Crippen molar-refractivity contribution in [1.82, 2.24) is 25.1 Å². The van der Waals surface area contributed by atoms with Gasteiger partial charge in [-0.25, -0.2) is 14.6 Å². The number of benzene rings is 2. The standard InChI is InChI=1S/C28H22N6O3S/c35-24(27(37)32-28-30-15-17-38-28)23(18-19-8-3-1-4-9-19)31-26(36)21-12-7-14-29-25(21)34-16-13-22(33-34)20-10-5-2-6-11-20/h1-17,23H,18H2,(H,31,36)(H,30,32,37)/t23-/m1/s1. The van der Waals surface area contributed by atoms with Gasteiger partial charge < -0.3 is 5.32 Å². The fraction of sp³-hybridized carbons (Fsp3) is 0.0714. The van der Waals surface area contributed by atoms with Gasteiger partial charge in [0, 0.05) is 36.0 Å². The first-order chi connectivity index (χ1) is 18.6. The predicted octanol–water partition coefficient (Wildman–Crippen LogP) is 3.94. The molecule has 0 spiro atoms. The number of nitrogens with one attached hydrogen (secondary N) is 2. The lowest BCUT2D eigenvalue weighted by molar-refractivity contribution is -0.135. The molecule has 2 amide bonds. The van der Waals surface area contributed by atoms with Crippen LogP contribution in [0.3, 0.4) is 0 Å². The largest absolute Gasteiger partial charge is 0.341 e. The summed E-state index contributed by atoms with van der Waals surface area (Å²) in [5.41, 5.74) is 2.65. The molecular formula is C28H22N6O3S. The third-order valence-corrected chi connectivity index (χ3v) is 6.38. The van der Waals surface area contributed by atoms with E-state index >= 15 is 0 Å². The zero-order valence-corrected chi connectivity index (χ0v) is 20.8. The van der Waals surface area contributed by atoms with Gasteiger partial charge in [0.2, 0.25) is 5.78 Å². The number of amides is 2. The number of ketones is 1. The van der Waals surface area contributed by atoms with E-state index in [1.165, 1.54) is 22.2 Å². The van der Waals surface area contributed by atoms with Crippen LogP contribution in [0.2, 0.25) is 0 Å². The van der Waals surface area contributed by atoms with Gasteiger partial charge in [-0.15, -0.1) is 11.3 Å². The molecule has 5 rings (SSSR count). The fourth-order valence-corrected chi connectivity index (χ4v) is 4.38. The fourth-order valence-electron chi connectivity index (χ4n) is 3.86. The Morgan fingerprint density at radius 3 is 2.37 bits per heavy atom. The number of carbonyl (C=O) groups is 3. The molecule has 188 valence electrons.